The third kappa shape index (κ3) is 12.1. The zero-order valence-electron chi connectivity index (χ0n) is 7.66. The van der Waals surface area contributed by atoms with Gasteiger partial charge in [-0.3, -0.25) is 0 Å². The van der Waals surface area contributed by atoms with Gasteiger partial charge in [0.25, 0.3) is 0 Å². The first-order chi connectivity index (χ1) is 7.12. The molecule has 0 aliphatic heterocycles. The van der Waals surface area contributed by atoms with Crippen LogP contribution in [0, 0.1) is 0 Å². The quantitative estimate of drug-likeness (QED) is 0.310. The summed E-state index contributed by atoms with van der Waals surface area (Å²) in [5, 5.41) is 0. The van der Waals surface area contributed by atoms with E-state index in [2.05, 4.69) is 12.9 Å². The molecule has 0 rings (SSSR count). The maximum Gasteiger partial charge on any atom is 0.490 e. The molecule has 1 radical (unpaired) electrons. The van der Waals surface area contributed by atoms with Gasteiger partial charge in [-0.05, 0) is 0 Å². The second-order valence-electron chi connectivity index (χ2n) is 2.16. The summed E-state index contributed by atoms with van der Waals surface area (Å²) in [6, 6.07) is 0. The first kappa shape index (κ1) is 21.4. The van der Waals surface area contributed by atoms with Crippen LogP contribution in [0.25, 0.3) is 0 Å². The van der Waals surface area contributed by atoms with E-state index < -0.39 is 31.3 Å². The van der Waals surface area contributed by atoms with Crippen molar-refractivity contribution in [3.8, 4) is 0 Å². The van der Waals surface area contributed by atoms with Gasteiger partial charge in [-0.15, -0.1) is 0 Å². The Morgan fingerprint density at radius 2 is 0.778 bits per heavy atom. The van der Waals surface area contributed by atoms with Crippen molar-refractivity contribution >= 4 is 31.3 Å². The van der Waals surface area contributed by atoms with E-state index in [0.717, 1.165) is 0 Å². The molecular weight excluding hydrogens is 391 g/mol. The molecule has 0 bridgehead atoms. The van der Waals surface area contributed by atoms with Crippen molar-refractivity contribution in [2.45, 2.75) is 0 Å². The summed E-state index contributed by atoms with van der Waals surface area (Å²) in [7, 11) is -22.6. The van der Waals surface area contributed by atoms with Gasteiger partial charge in [-0.1, -0.05) is 0 Å². The van der Waals surface area contributed by atoms with Crippen LogP contribution in [0.5, 0.6) is 0 Å². The minimum Gasteiger partial charge on any atom is -0.302 e. The maximum atomic E-state index is 10.7. The second kappa shape index (κ2) is 6.68. The van der Waals surface area contributed by atoms with Crippen molar-refractivity contribution in [2.24, 2.45) is 0 Å². The summed E-state index contributed by atoms with van der Waals surface area (Å²) >= 11 is 0. The number of rotatable bonds is 6. The van der Waals surface area contributed by atoms with Gasteiger partial charge in [0.05, 0.1) is 0 Å². The standard InChI is InChI=1S/Co.H6O13P4/c;1-14(2,3)11-16(7,8)13-17(9,10)12-15(4,5)6/h;(H,7,8)(H,9,10)(H2,1,2,3)(H2,4,5,6). The Bertz CT molecular complexity index is 408. The molecule has 6 N–H and O–H groups in total. The fourth-order valence-electron chi connectivity index (χ4n) is 0.429. The van der Waals surface area contributed by atoms with Gasteiger partial charge in [0.15, 0.2) is 0 Å². The molecule has 113 valence electrons. The first-order valence-corrected chi connectivity index (χ1v) is 9.08. The third-order valence-corrected chi connectivity index (χ3v) is 5.63. The number of hydrogen-bond acceptors (Lipinski definition) is 7. The minimum absolute atomic E-state index is 0. The molecule has 0 spiro atoms. The smallest absolute Gasteiger partial charge is 0.302 e. The molecular formula is H6CoO13P4. The van der Waals surface area contributed by atoms with Crippen LogP contribution in [0.15, 0.2) is 0 Å². The predicted octanol–water partition coefficient (Wildman–Crippen LogP) is -0.580. The monoisotopic (exact) mass is 397 g/mol. The summed E-state index contributed by atoms with van der Waals surface area (Å²) in [4.78, 5) is 49.4. The zero-order valence-corrected chi connectivity index (χ0v) is 12.3. The Hall–Kier alpha value is 1.07. The van der Waals surface area contributed by atoms with Crippen LogP contribution in [-0.4, -0.2) is 29.4 Å². The molecule has 0 saturated carbocycles. The van der Waals surface area contributed by atoms with Crippen LogP contribution in [0.2, 0.25) is 0 Å². The number of phosphoric acid groups is 4. The summed E-state index contributed by atoms with van der Waals surface area (Å²) < 4.78 is 50.9. The van der Waals surface area contributed by atoms with E-state index in [-0.39, 0.29) is 16.8 Å². The molecule has 13 nitrogen and oxygen atoms in total. The SMILES string of the molecule is O=P(O)(O)OP(=O)(O)OP(=O)(O)OP(=O)(O)O.[Co]. The molecule has 0 aliphatic carbocycles. The van der Waals surface area contributed by atoms with Crippen LogP contribution in [-0.2, 0) is 48.0 Å². The topological polar surface area (TPSA) is 217 Å². The van der Waals surface area contributed by atoms with Crippen molar-refractivity contribution in [3.05, 3.63) is 0 Å². The Morgan fingerprint density at radius 1 is 0.556 bits per heavy atom. The molecule has 18 heavy (non-hydrogen) atoms. The van der Waals surface area contributed by atoms with E-state index in [0.29, 0.717) is 0 Å². The average Bonchev–Trinajstić information content (AvgIpc) is 1.65. The van der Waals surface area contributed by atoms with Gasteiger partial charge in [-0.2, -0.15) is 12.9 Å². The van der Waals surface area contributed by atoms with Gasteiger partial charge in [0.2, 0.25) is 0 Å². The third-order valence-electron chi connectivity index (χ3n) is 0.625. The van der Waals surface area contributed by atoms with Gasteiger partial charge in [-0.25, -0.2) is 18.3 Å². The summed E-state index contributed by atoms with van der Waals surface area (Å²) in [5.41, 5.74) is 0. The fraction of sp³-hybridized carbons (Fsp3) is 0. The van der Waals surface area contributed by atoms with Crippen LogP contribution in [0.4, 0.5) is 0 Å². The van der Waals surface area contributed by atoms with E-state index in [9.17, 15) is 18.3 Å². The van der Waals surface area contributed by atoms with E-state index >= 15 is 0 Å². The molecule has 0 aromatic rings. The van der Waals surface area contributed by atoms with Crippen molar-refractivity contribution in [1.29, 1.82) is 0 Å². The van der Waals surface area contributed by atoms with Gasteiger partial charge < -0.3 is 29.4 Å². The fourth-order valence-corrected chi connectivity index (χ4v) is 4.40. The zero-order chi connectivity index (χ0) is 14.1. The van der Waals surface area contributed by atoms with Gasteiger partial charge >= 0.3 is 31.3 Å². The Kier molecular flexibility index (Phi) is 7.93. The summed E-state index contributed by atoms with van der Waals surface area (Å²) in [6.45, 7) is 0. The Labute approximate surface area is 109 Å². The molecule has 0 saturated heterocycles. The molecule has 0 heterocycles. The van der Waals surface area contributed by atoms with Gasteiger partial charge in [0.1, 0.15) is 0 Å². The van der Waals surface area contributed by atoms with Crippen molar-refractivity contribution in [1.82, 2.24) is 0 Å². The maximum absolute atomic E-state index is 10.7. The van der Waals surface area contributed by atoms with E-state index in [1.807, 2.05) is 0 Å². The van der Waals surface area contributed by atoms with E-state index in [4.69, 9.17) is 29.4 Å². The van der Waals surface area contributed by atoms with E-state index in [1.165, 1.54) is 0 Å². The molecule has 0 aromatic heterocycles. The Balaban J connectivity index is 0. The molecule has 18 heteroatoms. The predicted molar refractivity (Wildman–Crippen MR) is 47.0 cm³/mol. The largest absolute Gasteiger partial charge is 0.490 e. The van der Waals surface area contributed by atoms with Crippen molar-refractivity contribution < 1.29 is 77.3 Å². The molecule has 0 amide bonds. The average molecular weight is 397 g/mol. The van der Waals surface area contributed by atoms with Crippen LogP contribution < -0.4 is 0 Å². The second-order valence-corrected chi connectivity index (χ2v) is 7.96. The Morgan fingerprint density at radius 3 is 0.944 bits per heavy atom. The summed E-state index contributed by atoms with van der Waals surface area (Å²) in [6.07, 6.45) is 0. The van der Waals surface area contributed by atoms with Crippen molar-refractivity contribution in [2.75, 3.05) is 0 Å². The van der Waals surface area contributed by atoms with Crippen LogP contribution in [0.1, 0.15) is 0 Å². The molecule has 0 aromatic carbocycles. The number of hydrogen-bond donors (Lipinski definition) is 6. The minimum atomic E-state index is -5.77. The molecule has 2 unspecified atom stereocenters. The van der Waals surface area contributed by atoms with E-state index in [1.54, 1.807) is 0 Å². The van der Waals surface area contributed by atoms with Gasteiger partial charge in [0, 0.05) is 16.8 Å². The van der Waals surface area contributed by atoms with Crippen molar-refractivity contribution in [3.63, 3.8) is 0 Å². The normalized spacial score (nSPS) is 19.4. The summed E-state index contributed by atoms with van der Waals surface area (Å²) in [5.74, 6) is 0. The molecule has 0 aliphatic rings. The van der Waals surface area contributed by atoms with Crippen LogP contribution in [0.3, 0.4) is 0 Å². The first-order valence-electron chi connectivity index (χ1n) is 3.03. The van der Waals surface area contributed by atoms with Crippen LogP contribution >= 0.6 is 31.3 Å². The molecule has 0 fully saturated rings. The molecule has 2 atom stereocenters.